The van der Waals surface area contributed by atoms with Crippen LogP contribution < -0.4 is 4.90 Å². The van der Waals surface area contributed by atoms with Crippen molar-refractivity contribution in [3.05, 3.63) is 68.2 Å². The van der Waals surface area contributed by atoms with Crippen molar-refractivity contribution in [2.45, 2.75) is 20.4 Å². The van der Waals surface area contributed by atoms with Crippen LogP contribution in [-0.4, -0.2) is 36.0 Å². The maximum Gasteiger partial charge on any atom is 0.269 e. The van der Waals surface area contributed by atoms with E-state index in [0.29, 0.717) is 11.6 Å². The van der Waals surface area contributed by atoms with Crippen LogP contribution in [0.25, 0.3) is 0 Å². The predicted molar refractivity (Wildman–Crippen MR) is 102 cm³/mol. The number of non-ortho nitro benzene ring substituents is 1. The van der Waals surface area contributed by atoms with Gasteiger partial charge in [-0.05, 0) is 42.7 Å². The molecule has 1 aliphatic rings. The van der Waals surface area contributed by atoms with Crippen LogP contribution >= 0.6 is 11.6 Å². The summed E-state index contributed by atoms with van der Waals surface area (Å²) in [7, 11) is 0. The van der Waals surface area contributed by atoms with Gasteiger partial charge in [-0.15, -0.1) is 0 Å². The lowest BCUT2D eigenvalue weighted by Gasteiger charge is -2.37. The van der Waals surface area contributed by atoms with E-state index >= 15 is 0 Å². The van der Waals surface area contributed by atoms with Crippen molar-refractivity contribution in [1.29, 1.82) is 0 Å². The molecule has 0 spiro atoms. The number of hydrogen-bond donors (Lipinski definition) is 0. The molecule has 6 heteroatoms. The molecule has 132 valence electrons. The van der Waals surface area contributed by atoms with Gasteiger partial charge in [0.05, 0.1) is 4.92 Å². The second kappa shape index (κ2) is 7.42. The highest BCUT2D eigenvalue weighted by Crippen LogP contribution is 2.26. The number of aryl methyl sites for hydroxylation is 2. The monoisotopic (exact) mass is 359 g/mol. The lowest BCUT2D eigenvalue weighted by atomic mass is 10.1. The molecule has 3 rings (SSSR count). The van der Waals surface area contributed by atoms with Gasteiger partial charge in [-0.25, -0.2) is 0 Å². The topological polar surface area (TPSA) is 49.6 Å². The summed E-state index contributed by atoms with van der Waals surface area (Å²) in [4.78, 5) is 15.3. The standard InChI is InChI=1S/C19H22ClN3O2/c1-14-3-4-15(2)19(11-14)22-9-7-21(8-10-22)13-16-12-17(23(24)25)5-6-18(16)20/h3-6,11-12H,7-10,13H2,1-2H3. The predicted octanol–water partition coefficient (Wildman–Crippen LogP) is 4.19. The zero-order chi connectivity index (χ0) is 18.0. The molecule has 2 aromatic rings. The van der Waals surface area contributed by atoms with Gasteiger partial charge in [0.15, 0.2) is 0 Å². The van der Waals surface area contributed by atoms with Crippen LogP contribution in [0.5, 0.6) is 0 Å². The molecule has 25 heavy (non-hydrogen) atoms. The molecule has 0 aromatic heterocycles. The average Bonchev–Trinajstić information content (AvgIpc) is 2.59. The second-order valence-electron chi connectivity index (χ2n) is 6.59. The van der Waals surface area contributed by atoms with Crippen LogP contribution in [0.4, 0.5) is 11.4 Å². The van der Waals surface area contributed by atoms with Crippen molar-refractivity contribution >= 4 is 23.0 Å². The van der Waals surface area contributed by atoms with Crippen LogP contribution in [0.2, 0.25) is 5.02 Å². The number of rotatable bonds is 4. The van der Waals surface area contributed by atoms with E-state index in [9.17, 15) is 10.1 Å². The van der Waals surface area contributed by atoms with Crippen LogP contribution in [0.3, 0.4) is 0 Å². The SMILES string of the molecule is Cc1ccc(C)c(N2CCN(Cc3cc([N+](=O)[O-])ccc3Cl)CC2)c1. The van der Waals surface area contributed by atoms with Crippen molar-refractivity contribution in [1.82, 2.24) is 4.90 Å². The minimum absolute atomic E-state index is 0.0911. The van der Waals surface area contributed by atoms with Gasteiger partial charge in [-0.3, -0.25) is 15.0 Å². The number of hydrogen-bond acceptors (Lipinski definition) is 4. The smallest absolute Gasteiger partial charge is 0.269 e. The van der Waals surface area contributed by atoms with E-state index < -0.39 is 0 Å². The molecule has 0 saturated carbocycles. The van der Waals surface area contributed by atoms with Crippen molar-refractivity contribution < 1.29 is 4.92 Å². The summed E-state index contributed by atoms with van der Waals surface area (Å²) in [6.45, 7) is 8.60. The first-order valence-corrected chi connectivity index (χ1v) is 8.79. The second-order valence-corrected chi connectivity index (χ2v) is 6.99. The normalized spacial score (nSPS) is 15.4. The first-order chi connectivity index (χ1) is 11.9. The molecule has 0 N–H and O–H groups in total. The molecular formula is C19H22ClN3O2. The lowest BCUT2D eigenvalue weighted by Crippen LogP contribution is -2.46. The number of benzene rings is 2. The van der Waals surface area contributed by atoms with Crippen molar-refractivity contribution in [2.75, 3.05) is 31.1 Å². The highest BCUT2D eigenvalue weighted by Gasteiger charge is 2.20. The lowest BCUT2D eigenvalue weighted by molar-refractivity contribution is -0.384. The number of halogens is 1. The molecule has 0 unspecified atom stereocenters. The summed E-state index contributed by atoms with van der Waals surface area (Å²) in [6, 6.07) is 11.2. The Kier molecular flexibility index (Phi) is 5.25. The van der Waals surface area contributed by atoms with Crippen LogP contribution in [-0.2, 0) is 6.54 Å². The largest absolute Gasteiger partial charge is 0.369 e. The molecule has 0 amide bonds. The third kappa shape index (κ3) is 4.11. The Labute approximate surface area is 153 Å². The van der Waals surface area contributed by atoms with E-state index in [4.69, 9.17) is 11.6 Å². The first kappa shape index (κ1) is 17.7. The van der Waals surface area contributed by atoms with Crippen molar-refractivity contribution in [3.63, 3.8) is 0 Å². The molecule has 0 atom stereocenters. The average molecular weight is 360 g/mol. The fourth-order valence-corrected chi connectivity index (χ4v) is 3.42. The molecule has 0 radical (unpaired) electrons. The van der Waals surface area contributed by atoms with Gasteiger partial charge in [-0.2, -0.15) is 0 Å². The minimum Gasteiger partial charge on any atom is -0.369 e. The van der Waals surface area contributed by atoms with Gasteiger partial charge in [-0.1, -0.05) is 23.7 Å². The van der Waals surface area contributed by atoms with Crippen molar-refractivity contribution in [2.24, 2.45) is 0 Å². The molecule has 5 nitrogen and oxygen atoms in total. The highest BCUT2D eigenvalue weighted by atomic mass is 35.5. The van der Waals surface area contributed by atoms with E-state index in [-0.39, 0.29) is 10.6 Å². The summed E-state index contributed by atoms with van der Waals surface area (Å²) >= 11 is 6.22. The summed E-state index contributed by atoms with van der Waals surface area (Å²) < 4.78 is 0. The Morgan fingerprint density at radius 2 is 1.80 bits per heavy atom. The van der Waals surface area contributed by atoms with Crippen molar-refractivity contribution in [3.8, 4) is 0 Å². The Morgan fingerprint density at radius 3 is 2.48 bits per heavy atom. The molecule has 0 bridgehead atoms. The van der Waals surface area contributed by atoms with Gasteiger partial charge in [0.1, 0.15) is 0 Å². The van der Waals surface area contributed by atoms with Gasteiger partial charge < -0.3 is 4.90 Å². The summed E-state index contributed by atoms with van der Waals surface area (Å²) in [6.07, 6.45) is 0. The Morgan fingerprint density at radius 1 is 1.08 bits per heavy atom. The van der Waals surface area contributed by atoms with E-state index in [0.717, 1.165) is 31.7 Å². The molecule has 0 aliphatic carbocycles. The van der Waals surface area contributed by atoms with Gasteiger partial charge in [0, 0.05) is 55.6 Å². The number of nitro groups is 1. The van der Waals surface area contributed by atoms with E-state index in [1.165, 1.54) is 22.9 Å². The highest BCUT2D eigenvalue weighted by molar-refractivity contribution is 6.31. The quantitative estimate of drug-likeness (QED) is 0.606. The summed E-state index contributed by atoms with van der Waals surface area (Å²) in [5.74, 6) is 0. The molecule has 1 fully saturated rings. The zero-order valence-corrected chi connectivity index (χ0v) is 15.3. The molecule has 2 aromatic carbocycles. The fraction of sp³-hybridized carbons (Fsp3) is 0.368. The minimum atomic E-state index is -0.377. The van der Waals surface area contributed by atoms with E-state index in [1.807, 2.05) is 0 Å². The number of piperazine rings is 1. The maximum atomic E-state index is 11.0. The third-order valence-corrected chi connectivity index (χ3v) is 5.08. The third-order valence-electron chi connectivity index (χ3n) is 4.71. The van der Waals surface area contributed by atoms with E-state index in [2.05, 4.69) is 41.8 Å². The van der Waals surface area contributed by atoms with Crippen LogP contribution in [0.15, 0.2) is 36.4 Å². The Balaban J connectivity index is 1.66. The van der Waals surface area contributed by atoms with Gasteiger partial charge >= 0.3 is 0 Å². The summed E-state index contributed by atoms with van der Waals surface area (Å²) in [5.41, 5.74) is 4.77. The molecular weight excluding hydrogens is 338 g/mol. The number of nitro benzene ring substituents is 1. The number of anilines is 1. The molecule has 1 saturated heterocycles. The Hall–Kier alpha value is -2.11. The van der Waals surface area contributed by atoms with Crippen LogP contribution in [0.1, 0.15) is 16.7 Å². The molecule has 1 heterocycles. The zero-order valence-electron chi connectivity index (χ0n) is 14.5. The van der Waals surface area contributed by atoms with Gasteiger partial charge in [0.25, 0.3) is 5.69 Å². The van der Waals surface area contributed by atoms with E-state index in [1.54, 1.807) is 12.1 Å². The molecule has 1 aliphatic heterocycles. The fourth-order valence-electron chi connectivity index (χ4n) is 3.24. The number of nitrogens with zero attached hydrogens (tertiary/aromatic N) is 3. The Bertz CT molecular complexity index is 786. The summed E-state index contributed by atoms with van der Waals surface area (Å²) in [5, 5.41) is 11.5. The van der Waals surface area contributed by atoms with Crippen LogP contribution in [0, 0.1) is 24.0 Å². The maximum absolute atomic E-state index is 11.0. The van der Waals surface area contributed by atoms with Gasteiger partial charge in [0.2, 0.25) is 0 Å². The first-order valence-electron chi connectivity index (χ1n) is 8.41.